The molecule has 2 N–H and O–H groups in total. The van der Waals surface area contributed by atoms with Crippen LogP contribution in [0.3, 0.4) is 0 Å². The molecule has 21 heavy (non-hydrogen) atoms. The van der Waals surface area contributed by atoms with E-state index in [1.54, 1.807) is 4.90 Å². The standard InChI is InChI=1S/C16H32N2O3/c1-6-8-10-13(9-7-2)17-15(21)18(16(3,4)5)12-11-14(19)20/h13H,6-12H2,1-5H3,(H,17,21)(H,19,20). The average molecular weight is 300 g/mol. The minimum Gasteiger partial charge on any atom is -0.481 e. The van der Waals surface area contributed by atoms with Gasteiger partial charge in [0.1, 0.15) is 0 Å². The minimum atomic E-state index is -0.881. The fraction of sp³-hybridized carbons (Fsp3) is 0.875. The van der Waals surface area contributed by atoms with Crippen LogP contribution in [0.25, 0.3) is 0 Å². The number of amides is 2. The summed E-state index contributed by atoms with van der Waals surface area (Å²) in [4.78, 5) is 24.9. The molecule has 0 saturated heterocycles. The number of unbranched alkanes of at least 4 members (excludes halogenated alkanes) is 1. The Morgan fingerprint density at radius 2 is 1.76 bits per heavy atom. The first kappa shape index (κ1) is 19.7. The first-order valence-electron chi connectivity index (χ1n) is 8.02. The van der Waals surface area contributed by atoms with Gasteiger partial charge in [0, 0.05) is 18.1 Å². The van der Waals surface area contributed by atoms with Crippen molar-refractivity contribution in [2.24, 2.45) is 0 Å². The summed E-state index contributed by atoms with van der Waals surface area (Å²) in [5, 5.41) is 11.9. The summed E-state index contributed by atoms with van der Waals surface area (Å²) in [5.41, 5.74) is -0.388. The lowest BCUT2D eigenvalue weighted by Gasteiger charge is -2.36. The third kappa shape index (κ3) is 8.58. The molecule has 0 aromatic carbocycles. The van der Waals surface area contributed by atoms with Crippen molar-refractivity contribution in [1.29, 1.82) is 0 Å². The van der Waals surface area contributed by atoms with Crippen LogP contribution < -0.4 is 5.32 Å². The molecule has 0 radical (unpaired) electrons. The van der Waals surface area contributed by atoms with E-state index in [1.165, 1.54) is 0 Å². The van der Waals surface area contributed by atoms with Crippen molar-refractivity contribution in [2.45, 2.75) is 84.7 Å². The fourth-order valence-electron chi connectivity index (χ4n) is 2.29. The molecule has 0 aromatic rings. The molecule has 5 heteroatoms. The van der Waals surface area contributed by atoms with Gasteiger partial charge in [0.2, 0.25) is 0 Å². The second kappa shape index (κ2) is 9.64. The van der Waals surface area contributed by atoms with Crippen molar-refractivity contribution in [2.75, 3.05) is 6.54 Å². The second-order valence-electron chi connectivity index (χ2n) is 6.54. The van der Waals surface area contributed by atoms with Gasteiger partial charge in [0.25, 0.3) is 0 Å². The number of rotatable bonds is 9. The lowest BCUT2D eigenvalue weighted by Crippen LogP contribution is -2.53. The highest BCUT2D eigenvalue weighted by molar-refractivity contribution is 5.76. The number of aliphatic carboxylic acids is 1. The Labute approximate surface area is 129 Å². The summed E-state index contributed by atoms with van der Waals surface area (Å²) in [7, 11) is 0. The maximum atomic E-state index is 12.5. The van der Waals surface area contributed by atoms with Crippen LogP contribution in [0.4, 0.5) is 4.79 Å². The highest BCUT2D eigenvalue weighted by Crippen LogP contribution is 2.15. The quantitative estimate of drug-likeness (QED) is 0.683. The van der Waals surface area contributed by atoms with Crippen LogP contribution in [0.15, 0.2) is 0 Å². The Morgan fingerprint density at radius 3 is 2.19 bits per heavy atom. The summed E-state index contributed by atoms with van der Waals surface area (Å²) in [6.07, 6.45) is 5.14. The monoisotopic (exact) mass is 300 g/mol. The molecule has 0 aromatic heterocycles. The molecule has 0 aliphatic heterocycles. The SMILES string of the molecule is CCCCC(CCC)NC(=O)N(CCC(=O)O)C(C)(C)C. The molecule has 1 unspecified atom stereocenters. The van der Waals surface area contributed by atoms with E-state index < -0.39 is 5.97 Å². The summed E-state index contributed by atoms with van der Waals surface area (Å²) >= 11 is 0. The molecule has 0 heterocycles. The molecule has 5 nitrogen and oxygen atoms in total. The maximum Gasteiger partial charge on any atom is 0.318 e. The van der Waals surface area contributed by atoms with Crippen molar-refractivity contribution in [3.05, 3.63) is 0 Å². The van der Waals surface area contributed by atoms with Crippen molar-refractivity contribution in [3.63, 3.8) is 0 Å². The van der Waals surface area contributed by atoms with Crippen molar-refractivity contribution >= 4 is 12.0 Å². The highest BCUT2D eigenvalue weighted by Gasteiger charge is 2.28. The molecule has 0 aliphatic rings. The first-order valence-corrected chi connectivity index (χ1v) is 8.02. The molecule has 0 fully saturated rings. The van der Waals surface area contributed by atoms with E-state index in [2.05, 4.69) is 19.2 Å². The third-order valence-electron chi connectivity index (χ3n) is 3.48. The summed E-state index contributed by atoms with van der Waals surface area (Å²) in [6.45, 7) is 10.3. The van der Waals surface area contributed by atoms with Gasteiger partial charge in [0.15, 0.2) is 0 Å². The molecule has 0 spiro atoms. The van der Waals surface area contributed by atoms with E-state index >= 15 is 0 Å². The van der Waals surface area contributed by atoms with E-state index in [0.717, 1.165) is 32.1 Å². The van der Waals surface area contributed by atoms with E-state index in [-0.39, 0.29) is 30.6 Å². The molecular weight excluding hydrogens is 268 g/mol. The van der Waals surface area contributed by atoms with Gasteiger partial charge in [-0.2, -0.15) is 0 Å². The van der Waals surface area contributed by atoms with Gasteiger partial charge in [-0.25, -0.2) is 4.79 Å². The van der Waals surface area contributed by atoms with Crippen LogP contribution in [0, 0.1) is 0 Å². The molecule has 2 amide bonds. The smallest absolute Gasteiger partial charge is 0.318 e. The fourth-order valence-corrected chi connectivity index (χ4v) is 2.29. The van der Waals surface area contributed by atoms with Gasteiger partial charge < -0.3 is 15.3 Å². The summed E-state index contributed by atoms with van der Waals surface area (Å²) in [6, 6.07) is 0.0235. The third-order valence-corrected chi connectivity index (χ3v) is 3.48. The molecule has 0 rings (SSSR count). The number of nitrogens with one attached hydrogen (secondary N) is 1. The van der Waals surface area contributed by atoms with Gasteiger partial charge in [0.05, 0.1) is 6.42 Å². The van der Waals surface area contributed by atoms with Crippen LogP contribution in [0.1, 0.15) is 73.1 Å². The molecule has 0 bridgehead atoms. The number of hydrogen-bond acceptors (Lipinski definition) is 2. The molecule has 0 aliphatic carbocycles. The Morgan fingerprint density at radius 1 is 1.14 bits per heavy atom. The maximum absolute atomic E-state index is 12.5. The molecular formula is C16H32N2O3. The van der Waals surface area contributed by atoms with Crippen LogP contribution in [0.2, 0.25) is 0 Å². The normalized spacial score (nSPS) is 12.8. The Bertz CT molecular complexity index is 324. The lowest BCUT2D eigenvalue weighted by atomic mass is 10.0. The van der Waals surface area contributed by atoms with Gasteiger partial charge >= 0.3 is 12.0 Å². The lowest BCUT2D eigenvalue weighted by molar-refractivity contribution is -0.137. The van der Waals surface area contributed by atoms with Crippen LogP contribution in [-0.2, 0) is 4.79 Å². The molecule has 0 saturated carbocycles. The van der Waals surface area contributed by atoms with Gasteiger partial charge in [-0.1, -0.05) is 33.1 Å². The number of nitrogens with zero attached hydrogens (tertiary/aromatic N) is 1. The number of carbonyl (C=O) groups excluding carboxylic acids is 1. The first-order chi connectivity index (χ1) is 9.72. The number of carbonyl (C=O) groups is 2. The highest BCUT2D eigenvalue weighted by atomic mass is 16.4. The van der Waals surface area contributed by atoms with Gasteiger partial charge in [-0.05, 0) is 33.6 Å². The van der Waals surface area contributed by atoms with Crippen molar-refractivity contribution < 1.29 is 14.7 Å². The van der Waals surface area contributed by atoms with Crippen LogP contribution in [-0.4, -0.2) is 40.1 Å². The zero-order valence-electron chi connectivity index (χ0n) is 14.2. The predicted molar refractivity (Wildman–Crippen MR) is 85.5 cm³/mol. The van der Waals surface area contributed by atoms with Crippen molar-refractivity contribution in [3.8, 4) is 0 Å². The van der Waals surface area contributed by atoms with E-state index in [0.29, 0.717) is 0 Å². The number of hydrogen-bond donors (Lipinski definition) is 2. The summed E-state index contributed by atoms with van der Waals surface area (Å²) < 4.78 is 0. The summed E-state index contributed by atoms with van der Waals surface area (Å²) in [5.74, 6) is -0.881. The van der Waals surface area contributed by atoms with Crippen LogP contribution in [0.5, 0.6) is 0 Å². The van der Waals surface area contributed by atoms with Gasteiger partial charge in [-0.3, -0.25) is 4.79 Å². The predicted octanol–water partition coefficient (Wildman–Crippen LogP) is 3.63. The van der Waals surface area contributed by atoms with E-state index in [1.807, 2.05) is 20.8 Å². The second-order valence-corrected chi connectivity index (χ2v) is 6.54. The number of urea groups is 1. The zero-order valence-corrected chi connectivity index (χ0v) is 14.2. The van der Waals surface area contributed by atoms with E-state index in [9.17, 15) is 9.59 Å². The van der Waals surface area contributed by atoms with Crippen LogP contribution >= 0.6 is 0 Å². The Kier molecular flexibility index (Phi) is 9.06. The largest absolute Gasteiger partial charge is 0.481 e. The minimum absolute atomic E-state index is 0.0297. The van der Waals surface area contributed by atoms with E-state index in [4.69, 9.17) is 5.11 Å². The van der Waals surface area contributed by atoms with Gasteiger partial charge in [-0.15, -0.1) is 0 Å². The Balaban J connectivity index is 4.72. The Hall–Kier alpha value is -1.26. The topological polar surface area (TPSA) is 69.6 Å². The number of carboxylic acid groups (broad SMARTS) is 1. The average Bonchev–Trinajstić information content (AvgIpc) is 2.34. The number of carboxylic acids is 1. The molecule has 1 atom stereocenters. The van der Waals surface area contributed by atoms with Crippen molar-refractivity contribution in [1.82, 2.24) is 10.2 Å². The zero-order chi connectivity index (χ0) is 16.5. The molecule has 124 valence electrons.